The zero-order valence-electron chi connectivity index (χ0n) is 20.5. The van der Waals surface area contributed by atoms with Gasteiger partial charge < -0.3 is 34.3 Å². The summed E-state index contributed by atoms with van der Waals surface area (Å²) in [5, 5.41) is 7.07. The zero-order valence-corrected chi connectivity index (χ0v) is 20.5. The fourth-order valence-corrected chi connectivity index (χ4v) is 4.40. The number of aromatic nitrogens is 2. The summed E-state index contributed by atoms with van der Waals surface area (Å²) in [6, 6.07) is 9.28. The Hall–Kier alpha value is -3.95. The van der Waals surface area contributed by atoms with E-state index >= 15 is 0 Å². The second-order valence-corrected chi connectivity index (χ2v) is 8.17. The lowest BCUT2D eigenvalue weighted by Crippen LogP contribution is -2.32. The predicted molar refractivity (Wildman–Crippen MR) is 134 cm³/mol. The van der Waals surface area contributed by atoms with Crippen LogP contribution in [0.15, 0.2) is 36.5 Å². The van der Waals surface area contributed by atoms with Crippen molar-refractivity contribution in [3.8, 4) is 11.5 Å². The molecule has 3 heterocycles. The van der Waals surface area contributed by atoms with Gasteiger partial charge in [0.2, 0.25) is 0 Å². The van der Waals surface area contributed by atoms with Crippen molar-refractivity contribution in [3.63, 3.8) is 0 Å². The van der Waals surface area contributed by atoms with E-state index in [1.165, 1.54) is 0 Å². The molecule has 4 rings (SSSR count). The van der Waals surface area contributed by atoms with E-state index in [2.05, 4.69) is 15.6 Å². The molecule has 1 fully saturated rings. The first-order chi connectivity index (χ1) is 17.0. The maximum absolute atomic E-state index is 13.1. The molecular formula is C25H31N5O5. The van der Waals surface area contributed by atoms with Crippen LogP contribution in [-0.2, 0) is 11.3 Å². The van der Waals surface area contributed by atoms with E-state index in [4.69, 9.17) is 14.2 Å². The molecule has 0 radical (unpaired) electrons. The summed E-state index contributed by atoms with van der Waals surface area (Å²) in [6.45, 7) is 5.97. The Balaban J connectivity index is 1.45. The summed E-state index contributed by atoms with van der Waals surface area (Å²) in [4.78, 5) is 31.1. The molecule has 0 saturated carbocycles. The van der Waals surface area contributed by atoms with E-state index in [0.717, 1.165) is 17.3 Å². The summed E-state index contributed by atoms with van der Waals surface area (Å²) in [5.41, 5.74) is 1.99. The van der Waals surface area contributed by atoms with Gasteiger partial charge in [0.05, 0.1) is 38.2 Å². The minimum absolute atomic E-state index is 0.0968. The molecule has 0 spiro atoms. The van der Waals surface area contributed by atoms with Crippen molar-refractivity contribution in [2.24, 2.45) is 0 Å². The molecule has 0 bridgehead atoms. The molecule has 1 atom stereocenters. The number of nitrogens with one attached hydrogen (secondary N) is 2. The highest BCUT2D eigenvalue weighted by Gasteiger charge is 2.27. The van der Waals surface area contributed by atoms with Crippen molar-refractivity contribution >= 4 is 34.4 Å². The summed E-state index contributed by atoms with van der Waals surface area (Å²) < 4.78 is 17.9. The van der Waals surface area contributed by atoms with Crippen LogP contribution in [-0.4, -0.2) is 66.4 Å². The van der Waals surface area contributed by atoms with Gasteiger partial charge in [0.15, 0.2) is 11.5 Å². The number of benzene rings is 1. The second-order valence-electron chi connectivity index (χ2n) is 8.17. The molecule has 10 nitrogen and oxygen atoms in total. The SMILES string of the molecule is CCOC(=O)N1CCC(Nc2ccc(NC(=O)c3cc4c(OC)c(OC)ccc4n3CC)cn2)C1. The van der Waals surface area contributed by atoms with Gasteiger partial charge in [-0.1, -0.05) is 0 Å². The van der Waals surface area contributed by atoms with Gasteiger partial charge in [-0.2, -0.15) is 0 Å². The standard InChI is InChI=1S/C25H31N5O5/c1-5-30-19-8-9-21(33-3)23(34-4)18(19)13-20(30)24(31)28-16-7-10-22(26-14-16)27-17-11-12-29(15-17)25(32)35-6-2/h7-10,13-14,17H,5-6,11-12,15H2,1-4H3,(H,26,27)(H,28,31). The van der Waals surface area contributed by atoms with E-state index < -0.39 is 0 Å². The number of amides is 2. The number of pyridine rings is 1. The highest BCUT2D eigenvalue weighted by molar-refractivity contribution is 6.07. The number of hydrogen-bond donors (Lipinski definition) is 2. The van der Waals surface area contributed by atoms with Crippen LogP contribution < -0.4 is 20.1 Å². The molecular weight excluding hydrogens is 450 g/mol. The predicted octanol–water partition coefficient (Wildman–Crippen LogP) is 3.97. The first-order valence-electron chi connectivity index (χ1n) is 11.7. The molecule has 2 amide bonds. The topological polar surface area (TPSA) is 107 Å². The van der Waals surface area contributed by atoms with Gasteiger partial charge in [-0.05, 0) is 50.6 Å². The smallest absolute Gasteiger partial charge is 0.409 e. The summed E-state index contributed by atoms with van der Waals surface area (Å²) in [6.07, 6.45) is 2.14. The fraction of sp³-hybridized carbons (Fsp3) is 0.400. The minimum Gasteiger partial charge on any atom is -0.493 e. The lowest BCUT2D eigenvalue weighted by atomic mass is 10.2. The Bertz CT molecular complexity index is 1210. The zero-order chi connectivity index (χ0) is 24.9. The van der Waals surface area contributed by atoms with Gasteiger partial charge >= 0.3 is 6.09 Å². The maximum Gasteiger partial charge on any atom is 0.409 e. The summed E-state index contributed by atoms with van der Waals surface area (Å²) in [7, 11) is 3.17. The van der Waals surface area contributed by atoms with Gasteiger partial charge in [0, 0.05) is 31.1 Å². The number of anilines is 2. The van der Waals surface area contributed by atoms with Crippen molar-refractivity contribution in [3.05, 3.63) is 42.2 Å². The van der Waals surface area contributed by atoms with Gasteiger partial charge in [-0.25, -0.2) is 9.78 Å². The Morgan fingerprint density at radius 2 is 1.97 bits per heavy atom. The highest BCUT2D eigenvalue weighted by atomic mass is 16.6. The van der Waals surface area contributed by atoms with Crippen LogP contribution in [0.25, 0.3) is 10.9 Å². The molecule has 3 aromatic rings. The number of rotatable bonds is 8. The molecule has 186 valence electrons. The van der Waals surface area contributed by atoms with Gasteiger partial charge in [0.25, 0.3) is 5.91 Å². The first-order valence-corrected chi connectivity index (χ1v) is 11.7. The third-order valence-electron chi connectivity index (χ3n) is 6.06. The van der Waals surface area contributed by atoms with E-state index in [-0.39, 0.29) is 18.0 Å². The number of methoxy groups -OCH3 is 2. The van der Waals surface area contributed by atoms with E-state index in [1.54, 1.807) is 38.3 Å². The Morgan fingerprint density at radius 3 is 2.63 bits per heavy atom. The number of ether oxygens (including phenoxy) is 3. The fourth-order valence-electron chi connectivity index (χ4n) is 4.40. The monoisotopic (exact) mass is 481 g/mol. The van der Waals surface area contributed by atoms with E-state index in [9.17, 15) is 9.59 Å². The average Bonchev–Trinajstić information content (AvgIpc) is 3.49. The number of fused-ring (bicyclic) bond motifs is 1. The number of hydrogen-bond acceptors (Lipinski definition) is 7. The molecule has 10 heteroatoms. The van der Waals surface area contributed by atoms with E-state index in [0.29, 0.717) is 54.9 Å². The quantitative estimate of drug-likeness (QED) is 0.501. The molecule has 2 N–H and O–H groups in total. The largest absolute Gasteiger partial charge is 0.493 e. The second kappa shape index (κ2) is 10.5. The Kier molecular flexibility index (Phi) is 7.28. The van der Waals surface area contributed by atoms with E-state index in [1.807, 2.05) is 35.8 Å². The third kappa shape index (κ3) is 4.96. The third-order valence-corrected chi connectivity index (χ3v) is 6.06. The molecule has 1 aliphatic heterocycles. The lowest BCUT2D eigenvalue weighted by Gasteiger charge is -2.16. The van der Waals surface area contributed by atoms with Crippen molar-refractivity contribution in [2.75, 3.05) is 44.5 Å². The Labute approximate surface area is 204 Å². The number of likely N-dealkylation sites (tertiary alicyclic amines) is 1. The molecule has 1 aromatic carbocycles. The lowest BCUT2D eigenvalue weighted by molar-refractivity contribution is 0.101. The van der Waals surface area contributed by atoms with Crippen LogP contribution >= 0.6 is 0 Å². The van der Waals surface area contributed by atoms with Crippen molar-refractivity contribution in [2.45, 2.75) is 32.9 Å². The van der Waals surface area contributed by atoms with Crippen LogP contribution in [0.2, 0.25) is 0 Å². The Morgan fingerprint density at radius 1 is 1.14 bits per heavy atom. The van der Waals surface area contributed by atoms with Crippen LogP contribution in [0, 0.1) is 0 Å². The summed E-state index contributed by atoms with van der Waals surface area (Å²) in [5.74, 6) is 1.64. The normalized spacial score (nSPS) is 15.2. The molecule has 1 unspecified atom stereocenters. The van der Waals surface area contributed by atoms with Crippen LogP contribution in [0.1, 0.15) is 30.8 Å². The number of aryl methyl sites for hydroxylation is 1. The average molecular weight is 482 g/mol. The minimum atomic E-state index is -0.289. The number of carbonyl (C=O) groups is 2. The van der Waals surface area contributed by atoms with Gasteiger partial charge in [0.1, 0.15) is 11.5 Å². The molecule has 1 aliphatic rings. The molecule has 35 heavy (non-hydrogen) atoms. The van der Waals surface area contributed by atoms with Crippen molar-refractivity contribution in [1.29, 1.82) is 0 Å². The van der Waals surface area contributed by atoms with Gasteiger partial charge in [-0.15, -0.1) is 0 Å². The number of nitrogens with zero attached hydrogens (tertiary/aromatic N) is 3. The van der Waals surface area contributed by atoms with Crippen LogP contribution in [0.4, 0.5) is 16.3 Å². The van der Waals surface area contributed by atoms with Crippen LogP contribution in [0.5, 0.6) is 11.5 Å². The summed E-state index contributed by atoms with van der Waals surface area (Å²) >= 11 is 0. The van der Waals surface area contributed by atoms with Crippen molar-refractivity contribution < 1.29 is 23.8 Å². The van der Waals surface area contributed by atoms with Gasteiger partial charge in [-0.3, -0.25) is 4.79 Å². The highest BCUT2D eigenvalue weighted by Crippen LogP contribution is 2.37. The molecule has 0 aliphatic carbocycles. The van der Waals surface area contributed by atoms with Crippen LogP contribution in [0.3, 0.4) is 0 Å². The molecule has 1 saturated heterocycles. The van der Waals surface area contributed by atoms with Crippen molar-refractivity contribution in [1.82, 2.24) is 14.5 Å². The first kappa shape index (κ1) is 24.2. The number of carbonyl (C=O) groups excluding carboxylic acids is 2. The maximum atomic E-state index is 13.1. The molecule has 2 aromatic heterocycles.